The summed E-state index contributed by atoms with van der Waals surface area (Å²) < 4.78 is 13.6. The third kappa shape index (κ3) is 4.34. The molecule has 4 nitrogen and oxygen atoms in total. The Kier molecular flexibility index (Phi) is 5.38. The summed E-state index contributed by atoms with van der Waals surface area (Å²) in [6.45, 7) is 3.96. The Hall–Kier alpha value is -3.08. The van der Waals surface area contributed by atoms with E-state index in [-0.39, 0.29) is 11.7 Å². The first-order chi connectivity index (χ1) is 14.0. The molecule has 0 fully saturated rings. The molecule has 1 heterocycles. The minimum absolute atomic E-state index is 0.0810. The smallest absolute Gasteiger partial charge is 0.229 e. The number of amides is 1. The maximum Gasteiger partial charge on any atom is 0.229 e. The summed E-state index contributed by atoms with van der Waals surface area (Å²) in [5, 5.41) is 2.96. The number of nitrogens with zero attached hydrogens (tertiary/aromatic N) is 2. The number of halogens is 1. The fourth-order valence-electron chi connectivity index (χ4n) is 3.77. The molecule has 1 aromatic heterocycles. The fourth-order valence-corrected chi connectivity index (χ4v) is 3.77. The lowest BCUT2D eigenvalue weighted by Crippen LogP contribution is -2.18. The lowest BCUT2D eigenvalue weighted by molar-refractivity contribution is -0.115. The third-order valence-electron chi connectivity index (χ3n) is 5.12. The molecule has 29 heavy (non-hydrogen) atoms. The molecule has 4 rings (SSSR count). The van der Waals surface area contributed by atoms with Crippen LogP contribution < -0.4 is 5.32 Å². The number of aryl methyl sites for hydroxylation is 2. The normalized spacial score (nSPS) is 14.5. The standard InChI is InChI=1S/C24H24FN3O/c1-15(2)12-21-24(28-22(29)13-16-6-4-3-5-7-16)27-20-11-8-17-14-18(25)9-10-19(17)23(20)26-21/h3-4,6,9-10,12,14H,5,7-8,11,13H2,1-2H3,(H,27,28,29). The monoisotopic (exact) mass is 389 g/mol. The van der Waals surface area contributed by atoms with Crippen LogP contribution in [0.1, 0.15) is 50.1 Å². The Morgan fingerprint density at radius 1 is 1.21 bits per heavy atom. The second-order valence-corrected chi connectivity index (χ2v) is 7.79. The van der Waals surface area contributed by atoms with Gasteiger partial charge in [-0.2, -0.15) is 0 Å². The average molecular weight is 389 g/mol. The second-order valence-electron chi connectivity index (χ2n) is 7.79. The number of allylic oxidation sites excluding steroid dienone is 4. The van der Waals surface area contributed by atoms with E-state index in [0.717, 1.165) is 46.5 Å². The van der Waals surface area contributed by atoms with E-state index < -0.39 is 0 Å². The molecule has 2 aromatic rings. The minimum Gasteiger partial charge on any atom is -0.309 e. The highest BCUT2D eigenvalue weighted by molar-refractivity contribution is 5.93. The van der Waals surface area contributed by atoms with E-state index in [1.54, 1.807) is 12.1 Å². The molecular formula is C24H24FN3O. The van der Waals surface area contributed by atoms with E-state index in [1.807, 2.05) is 32.1 Å². The number of hydrogen-bond donors (Lipinski definition) is 1. The van der Waals surface area contributed by atoms with Crippen molar-refractivity contribution in [3.8, 4) is 11.3 Å². The zero-order valence-electron chi connectivity index (χ0n) is 16.8. The van der Waals surface area contributed by atoms with E-state index in [2.05, 4.69) is 11.4 Å². The van der Waals surface area contributed by atoms with Gasteiger partial charge >= 0.3 is 0 Å². The highest BCUT2D eigenvalue weighted by Crippen LogP contribution is 2.33. The number of fused-ring (bicyclic) bond motifs is 3. The van der Waals surface area contributed by atoms with Crippen molar-refractivity contribution in [3.63, 3.8) is 0 Å². The number of anilines is 1. The molecule has 0 aliphatic heterocycles. The van der Waals surface area contributed by atoms with Crippen LogP contribution in [0.5, 0.6) is 0 Å². The number of benzene rings is 1. The molecule has 0 atom stereocenters. The molecular weight excluding hydrogens is 365 g/mol. The quantitative estimate of drug-likeness (QED) is 0.761. The lowest BCUT2D eigenvalue weighted by Gasteiger charge is -2.20. The van der Waals surface area contributed by atoms with Crippen LogP contribution >= 0.6 is 0 Å². The highest BCUT2D eigenvalue weighted by atomic mass is 19.1. The molecule has 0 radical (unpaired) electrons. The summed E-state index contributed by atoms with van der Waals surface area (Å²) in [4.78, 5) is 22.2. The Morgan fingerprint density at radius 3 is 2.83 bits per heavy atom. The Balaban J connectivity index is 1.68. The average Bonchev–Trinajstić information content (AvgIpc) is 2.68. The second kappa shape index (κ2) is 8.11. The van der Waals surface area contributed by atoms with Crippen molar-refractivity contribution in [2.45, 2.75) is 46.0 Å². The van der Waals surface area contributed by atoms with Crippen LogP contribution in [0.2, 0.25) is 0 Å². The van der Waals surface area contributed by atoms with E-state index in [0.29, 0.717) is 30.8 Å². The maximum absolute atomic E-state index is 13.6. The van der Waals surface area contributed by atoms with Crippen LogP contribution in [0.4, 0.5) is 10.2 Å². The number of carbonyl (C=O) groups excluding carboxylic acids is 1. The molecule has 1 aromatic carbocycles. The van der Waals surface area contributed by atoms with E-state index >= 15 is 0 Å². The fraction of sp³-hybridized carbons (Fsp3) is 0.292. The molecule has 2 aliphatic rings. The van der Waals surface area contributed by atoms with Gasteiger partial charge in [-0.3, -0.25) is 4.79 Å². The zero-order chi connectivity index (χ0) is 20.4. The van der Waals surface area contributed by atoms with Crippen molar-refractivity contribution < 1.29 is 9.18 Å². The number of hydrogen-bond acceptors (Lipinski definition) is 3. The van der Waals surface area contributed by atoms with Gasteiger partial charge in [0.25, 0.3) is 0 Å². The summed E-state index contributed by atoms with van der Waals surface area (Å²) in [7, 11) is 0. The number of rotatable bonds is 4. The van der Waals surface area contributed by atoms with Gasteiger partial charge in [0, 0.05) is 12.0 Å². The van der Waals surface area contributed by atoms with E-state index in [1.165, 1.54) is 6.07 Å². The SMILES string of the molecule is CC(C)=Cc1nc2c(nc1NC(=O)CC1=CC=CCC1)CCc1cc(F)ccc1-2. The summed E-state index contributed by atoms with van der Waals surface area (Å²) in [5.41, 5.74) is 6.29. The summed E-state index contributed by atoms with van der Waals surface area (Å²) in [6.07, 6.45) is 11.7. The topological polar surface area (TPSA) is 54.9 Å². The predicted octanol–water partition coefficient (Wildman–Crippen LogP) is 5.41. The van der Waals surface area contributed by atoms with Gasteiger partial charge in [-0.15, -0.1) is 0 Å². The van der Waals surface area contributed by atoms with Gasteiger partial charge in [-0.1, -0.05) is 29.4 Å². The van der Waals surface area contributed by atoms with Crippen molar-refractivity contribution in [1.29, 1.82) is 0 Å². The number of carbonyl (C=O) groups is 1. The summed E-state index contributed by atoms with van der Waals surface area (Å²) >= 11 is 0. The van der Waals surface area contributed by atoms with Crippen molar-refractivity contribution in [1.82, 2.24) is 9.97 Å². The van der Waals surface area contributed by atoms with E-state index in [4.69, 9.17) is 9.97 Å². The molecule has 5 heteroatoms. The molecule has 148 valence electrons. The van der Waals surface area contributed by atoms with Crippen LogP contribution in [-0.2, 0) is 17.6 Å². The summed E-state index contributed by atoms with van der Waals surface area (Å²) in [5.74, 6) is 0.176. The van der Waals surface area contributed by atoms with Gasteiger partial charge in [0.2, 0.25) is 5.91 Å². The highest BCUT2D eigenvalue weighted by Gasteiger charge is 2.22. The maximum atomic E-state index is 13.6. The van der Waals surface area contributed by atoms with Gasteiger partial charge < -0.3 is 5.32 Å². The van der Waals surface area contributed by atoms with Gasteiger partial charge in [-0.05, 0) is 69.4 Å². The van der Waals surface area contributed by atoms with Crippen molar-refractivity contribution in [2.24, 2.45) is 0 Å². The lowest BCUT2D eigenvalue weighted by atomic mass is 9.91. The van der Waals surface area contributed by atoms with Crippen LogP contribution in [0.15, 0.2) is 47.6 Å². The van der Waals surface area contributed by atoms with Crippen molar-refractivity contribution >= 4 is 17.8 Å². The molecule has 1 N–H and O–H groups in total. The van der Waals surface area contributed by atoms with Crippen LogP contribution in [-0.4, -0.2) is 15.9 Å². The minimum atomic E-state index is -0.236. The van der Waals surface area contributed by atoms with Gasteiger partial charge in [0.15, 0.2) is 5.82 Å². The molecule has 0 saturated carbocycles. The van der Waals surface area contributed by atoms with Crippen molar-refractivity contribution in [2.75, 3.05) is 5.32 Å². The summed E-state index contributed by atoms with van der Waals surface area (Å²) in [6, 6.07) is 4.80. The van der Waals surface area contributed by atoms with Gasteiger partial charge in [0.1, 0.15) is 11.5 Å². The van der Waals surface area contributed by atoms with Gasteiger partial charge in [0.05, 0.1) is 11.4 Å². The first-order valence-corrected chi connectivity index (χ1v) is 9.98. The molecule has 2 aliphatic carbocycles. The molecule has 0 spiro atoms. The molecule has 0 unspecified atom stereocenters. The van der Waals surface area contributed by atoms with Crippen molar-refractivity contribution in [3.05, 3.63) is 70.3 Å². The van der Waals surface area contributed by atoms with Crippen LogP contribution in [0, 0.1) is 5.82 Å². The zero-order valence-corrected chi connectivity index (χ0v) is 16.8. The Labute approximate surface area is 170 Å². The molecule has 0 bridgehead atoms. The molecule has 1 amide bonds. The Morgan fingerprint density at radius 2 is 2.07 bits per heavy atom. The largest absolute Gasteiger partial charge is 0.309 e. The third-order valence-corrected chi connectivity index (χ3v) is 5.12. The first-order valence-electron chi connectivity index (χ1n) is 9.98. The first kappa shape index (κ1) is 19.2. The van der Waals surface area contributed by atoms with Gasteiger partial charge in [-0.25, -0.2) is 14.4 Å². The van der Waals surface area contributed by atoms with Crippen LogP contribution in [0.25, 0.3) is 17.3 Å². The predicted molar refractivity (Wildman–Crippen MR) is 114 cm³/mol. The van der Waals surface area contributed by atoms with E-state index in [9.17, 15) is 9.18 Å². The number of aromatic nitrogens is 2. The Bertz CT molecular complexity index is 1060. The molecule has 0 saturated heterocycles. The number of nitrogens with one attached hydrogen (secondary N) is 1. The van der Waals surface area contributed by atoms with Crippen LogP contribution in [0.3, 0.4) is 0 Å².